The van der Waals surface area contributed by atoms with Gasteiger partial charge in [0.05, 0.1) is 12.3 Å². The molecule has 0 aromatic carbocycles. The minimum Gasteiger partial charge on any atom is -0.390 e. The van der Waals surface area contributed by atoms with Crippen molar-refractivity contribution in [2.75, 3.05) is 0 Å². The zero-order valence-corrected chi connectivity index (χ0v) is 6.39. The van der Waals surface area contributed by atoms with Crippen LogP contribution in [-0.2, 0) is 6.61 Å². The molecule has 1 aromatic heterocycles. The van der Waals surface area contributed by atoms with Crippen LogP contribution in [0.5, 0.6) is 0 Å². The summed E-state index contributed by atoms with van der Waals surface area (Å²) in [6, 6.07) is 3.54. The van der Waals surface area contributed by atoms with E-state index in [4.69, 9.17) is 16.7 Å². The number of aliphatic hydroxyl groups is 1. The van der Waals surface area contributed by atoms with Crippen LogP contribution < -0.4 is 0 Å². The molecule has 0 saturated carbocycles. The molecule has 0 spiro atoms. The molecule has 0 unspecified atom stereocenters. The minimum atomic E-state index is -0.0492. The predicted octanol–water partition coefficient (Wildman–Crippen LogP) is 1.54. The molecule has 0 aliphatic rings. The first-order valence-corrected chi connectivity index (χ1v) is 3.34. The lowest BCUT2D eigenvalue weighted by molar-refractivity contribution is 0.276. The summed E-state index contributed by atoms with van der Waals surface area (Å²) in [4.78, 5) is 3.91. The molecule has 3 heteroatoms. The van der Waals surface area contributed by atoms with Gasteiger partial charge in [-0.25, -0.2) is 4.98 Å². The van der Waals surface area contributed by atoms with Crippen molar-refractivity contribution in [3.8, 4) is 0 Å². The van der Waals surface area contributed by atoms with E-state index in [-0.39, 0.29) is 6.61 Å². The number of aromatic nitrogens is 1. The fraction of sp³-hybridized carbons (Fsp3) is 0.286. The Kier molecular flexibility index (Phi) is 2.25. The molecule has 0 aliphatic carbocycles. The normalized spacial score (nSPS) is 9.90. The lowest BCUT2D eigenvalue weighted by Gasteiger charge is -1.99. The number of rotatable bonds is 1. The van der Waals surface area contributed by atoms with Gasteiger partial charge >= 0.3 is 0 Å². The van der Waals surface area contributed by atoms with E-state index in [2.05, 4.69) is 4.98 Å². The molecule has 0 saturated heterocycles. The van der Waals surface area contributed by atoms with Crippen LogP contribution in [0.2, 0.25) is 5.15 Å². The Morgan fingerprint density at radius 1 is 1.60 bits per heavy atom. The summed E-state index contributed by atoms with van der Waals surface area (Å²) in [6.45, 7) is 1.83. The third-order valence-electron chi connectivity index (χ3n) is 1.32. The Bertz CT molecular complexity index is 237. The Hall–Kier alpha value is -0.600. The molecule has 2 nitrogen and oxygen atoms in total. The van der Waals surface area contributed by atoms with Crippen LogP contribution >= 0.6 is 11.6 Å². The van der Waals surface area contributed by atoms with Gasteiger partial charge in [0.15, 0.2) is 0 Å². The molecular formula is C7H8ClNO. The van der Waals surface area contributed by atoms with E-state index in [9.17, 15) is 0 Å². The van der Waals surface area contributed by atoms with Crippen LogP contribution in [0, 0.1) is 6.92 Å². The van der Waals surface area contributed by atoms with E-state index in [0.717, 1.165) is 5.56 Å². The third-order valence-corrected chi connectivity index (χ3v) is 1.53. The van der Waals surface area contributed by atoms with E-state index in [0.29, 0.717) is 10.8 Å². The van der Waals surface area contributed by atoms with Crippen molar-refractivity contribution >= 4 is 11.6 Å². The Morgan fingerprint density at radius 3 is 2.80 bits per heavy atom. The summed E-state index contributed by atoms with van der Waals surface area (Å²) in [5, 5.41) is 9.15. The first-order valence-electron chi connectivity index (χ1n) is 2.97. The van der Waals surface area contributed by atoms with Crippen LogP contribution in [-0.4, -0.2) is 10.1 Å². The molecule has 1 rings (SSSR count). The number of aliphatic hydroxyl groups excluding tert-OH is 1. The van der Waals surface area contributed by atoms with E-state index in [1.165, 1.54) is 0 Å². The second-order valence-electron chi connectivity index (χ2n) is 2.06. The van der Waals surface area contributed by atoms with Gasteiger partial charge in [-0.3, -0.25) is 0 Å². The van der Waals surface area contributed by atoms with Gasteiger partial charge in [-0.05, 0) is 18.6 Å². The van der Waals surface area contributed by atoms with E-state index < -0.39 is 0 Å². The van der Waals surface area contributed by atoms with Crippen LogP contribution in [0.3, 0.4) is 0 Å². The third kappa shape index (κ3) is 1.46. The van der Waals surface area contributed by atoms with Gasteiger partial charge in [-0.2, -0.15) is 0 Å². The zero-order valence-electron chi connectivity index (χ0n) is 5.63. The summed E-state index contributed by atoms with van der Waals surface area (Å²) >= 11 is 5.57. The molecule has 1 heterocycles. The molecule has 0 atom stereocenters. The largest absolute Gasteiger partial charge is 0.390 e. The van der Waals surface area contributed by atoms with Crippen molar-refractivity contribution in [3.05, 3.63) is 28.5 Å². The highest BCUT2D eigenvalue weighted by Crippen LogP contribution is 2.09. The molecule has 0 radical (unpaired) electrons. The zero-order chi connectivity index (χ0) is 7.56. The molecule has 54 valence electrons. The van der Waals surface area contributed by atoms with E-state index >= 15 is 0 Å². The maximum absolute atomic E-state index is 8.72. The highest BCUT2D eigenvalue weighted by atomic mass is 35.5. The van der Waals surface area contributed by atoms with Gasteiger partial charge in [0.2, 0.25) is 0 Å². The first kappa shape index (κ1) is 7.51. The highest BCUT2D eigenvalue weighted by Gasteiger charge is 1.97. The SMILES string of the molecule is Cc1ccc(Cl)nc1CO. The van der Waals surface area contributed by atoms with Gasteiger partial charge in [0.1, 0.15) is 5.15 Å². The maximum atomic E-state index is 8.72. The topological polar surface area (TPSA) is 33.1 Å². The van der Waals surface area contributed by atoms with E-state index in [1.807, 2.05) is 13.0 Å². The van der Waals surface area contributed by atoms with Gasteiger partial charge in [0, 0.05) is 0 Å². The first-order chi connectivity index (χ1) is 4.74. The number of hydrogen-bond donors (Lipinski definition) is 1. The van der Waals surface area contributed by atoms with Crippen molar-refractivity contribution in [1.29, 1.82) is 0 Å². The summed E-state index contributed by atoms with van der Waals surface area (Å²) in [7, 11) is 0. The second kappa shape index (κ2) is 2.99. The van der Waals surface area contributed by atoms with Crippen LogP contribution in [0.25, 0.3) is 0 Å². The monoisotopic (exact) mass is 157 g/mol. The van der Waals surface area contributed by atoms with Gasteiger partial charge in [-0.1, -0.05) is 17.7 Å². The molecule has 1 N–H and O–H groups in total. The van der Waals surface area contributed by atoms with Crippen LogP contribution in [0.4, 0.5) is 0 Å². The number of pyridine rings is 1. The van der Waals surface area contributed by atoms with Crippen molar-refractivity contribution in [1.82, 2.24) is 4.98 Å². The second-order valence-corrected chi connectivity index (χ2v) is 2.44. The van der Waals surface area contributed by atoms with Gasteiger partial charge < -0.3 is 5.11 Å². The molecule has 0 fully saturated rings. The van der Waals surface area contributed by atoms with Crippen molar-refractivity contribution in [3.63, 3.8) is 0 Å². The fourth-order valence-corrected chi connectivity index (χ4v) is 0.869. The number of aryl methyl sites for hydroxylation is 1. The lowest BCUT2D eigenvalue weighted by Crippen LogP contribution is -1.92. The maximum Gasteiger partial charge on any atom is 0.129 e. The fourth-order valence-electron chi connectivity index (χ4n) is 0.704. The average molecular weight is 158 g/mol. The highest BCUT2D eigenvalue weighted by molar-refractivity contribution is 6.29. The molecule has 0 amide bonds. The molecule has 10 heavy (non-hydrogen) atoms. The van der Waals surface area contributed by atoms with Gasteiger partial charge in [0.25, 0.3) is 0 Å². The quantitative estimate of drug-likeness (QED) is 0.628. The van der Waals surface area contributed by atoms with Crippen molar-refractivity contribution in [2.24, 2.45) is 0 Å². The van der Waals surface area contributed by atoms with E-state index in [1.54, 1.807) is 6.07 Å². The number of halogens is 1. The predicted molar refractivity (Wildman–Crippen MR) is 39.9 cm³/mol. The smallest absolute Gasteiger partial charge is 0.129 e. The molecule has 0 bridgehead atoms. The Morgan fingerprint density at radius 2 is 2.30 bits per heavy atom. The standard InChI is InChI=1S/C7H8ClNO/c1-5-2-3-7(8)9-6(5)4-10/h2-3,10H,4H2,1H3. The van der Waals surface area contributed by atoms with Crippen molar-refractivity contribution < 1.29 is 5.11 Å². The van der Waals surface area contributed by atoms with Crippen LogP contribution in [0.15, 0.2) is 12.1 Å². The summed E-state index contributed by atoms with van der Waals surface area (Å²) in [6.07, 6.45) is 0. The van der Waals surface area contributed by atoms with Crippen molar-refractivity contribution in [2.45, 2.75) is 13.5 Å². The Labute approximate surface area is 64.5 Å². The molecular weight excluding hydrogens is 150 g/mol. The minimum absolute atomic E-state index is 0.0492. The summed E-state index contributed by atoms with van der Waals surface area (Å²) in [5.74, 6) is 0. The number of nitrogens with zero attached hydrogens (tertiary/aromatic N) is 1. The Balaban J connectivity index is 3.09. The molecule has 0 aliphatic heterocycles. The van der Waals surface area contributed by atoms with Crippen LogP contribution in [0.1, 0.15) is 11.3 Å². The molecule has 1 aromatic rings. The summed E-state index contributed by atoms with van der Waals surface area (Å²) < 4.78 is 0. The number of hydrogen-bond acceptors (Lipinski definition) is 2. The summed E-state index contributed by atoms with van der Waals surface area (Å²) in [5.41, 5.74) is 1.61. The van der Waals surface area contributed by atoms with Gasteiger partial charge in [-0.15, -0.1) is 0 Å². The lowest BCUT2D eigenvalue weighted by atomic mass is 10.2. The average Bonchev–Trinajstić information content (AvgIpc) is 1.94.